The standard InChI is InChI=1S/C27H30N2O4/c1-3-7-23(21-14-10-19(4-2)11-15-21)29-27(32)33-18-20-12-16-22(17-13-20)26(31)28-24-8-5-6-9-25(24)30/h5-6,8-17,23,30H,3-4,7,18H2,1-2H3,(H,28,31)(H,29,32)/t23-/m1/s1. The highest BCUT2D eigenvalue weighted by atomic mass is 16.5. The van der Waals surface area contributed by atoms with Crippen molar-refractivity contribution >= 4 is 17.7 Å². The molecule has 0 unspecified atom stereocenters. The molecule has 3 N–H and O–H groups in total. The minimum Gasteiger partial charge on any atom is -0.506 e. The van der Waals surface area contributed by atoms with Crippen molar-refractivity contribution < 1.29 is 19.4 Å². The number of phenolic OH excluding ortho intramolecular Hbond substituents is 1. The van der Waals surface area contributed by atoms with Gasteiger partial charge < -0.3 is 20.5 Å². The summed E-state index contributed by atoms with van der Waals surface area (Å²) in [6, 6.07) is 21.5. The van der Waals surface area contributed by atoms with Gasteiger partial charge in [-0.05, 0) is 53.8 Å². The van der Waals surface area contributed by atoms with Crippen molar-refractivity contribution in [3.05, 3.63) is 95.1 Å². The summed E-state index contributed by atoms with van der Waals surface area (Å²) in [4.78, 5) is 24.8. The highest BCUT2D eigenvalue weighted by Gasteiger charge is 2.15. The lowest BCUT2D eigenvalue weighted by molar-refractivity contribution is 0.102. The number of ether oxygens (including phenoxy) is 1. The normalized spacial score (nSPS) is 11.5. The Morgan fingerprint density at radius 1 is 0.909 bits per heavy atom. The summed E-state index contributed by atoms with van der Waals surface area (Å²) in [7, 11) is 0. The van der Waals surface area contributed by atoms with E-state index in [2.05, 4.69) is 48.7 Å². The van der Waals surface area contributed by atoms with Crippen LogP contribution < -0.4 is 10.6 Å². The second kappa shape index (κ2) is 11.7. The van der Waals surface area contributed by atoms with Crippen molar-refractivity contribution in [2.24, 2.45) is 0 Å². The minimum atomic E-state index is -0.477. The molecule has 0 aliphatic rings. The quantitative estimate of drug-likeness (QED) is 0.353. The van der Waals surface area contributed by atoms with Crippen molar-refractivity contribution in [1.82, 2.24) is 5.32 Å². The monoisotopic (exact) mass is 446 g/mol. The van der Waals surface area contributed by atoms with Crippen LogP contribution in [0.3, 0.4) is 0 Å². The molecule has 3 aromatic carbocycles. The molecule has 172 valence electrons. The third-order valence-corrected chi connectivity index (χ3v) is 5.40. The van der Waals surface area contributed by atoms with E-state index < -0.39 is 6.09 Å². The number of anilines is 1. The Morgan fingerprint density at radius 2 is 1.58 bits per heavy atom. The van der Waals surface area contributed by atoms with E-state index in [1.165, 1.54) is 11.6 Å². The Hall–Kier alpha value is -3.80. The van der Waals surface area contributed by atoms with E-state index in [1.54, 1.807) is 42.5 Å². The summed E-state index contributed by atoms with van der Waals surface area (Å²) in [5.74, 6) is -0.331. The lowest BCUT2D eigenvalue weighted by Gasteiger charge is -2.19. The average molecular weight is 447 g/mol. The molecule has 33 heavy (non-hydrogen) atoms. The molecule has 1 atom stereocenters. The Morgan fingerprint density at radius 3 is 2.21 bits per heavy atom. The lowest BCUT2D eigenvalue weighted by atomic mass is 10.0. The van der Waals surface area contributed by atoms with Gasteiger partial charge in [-0.3, -0.25) is 4.79 Å². The maximum atomic E-state index is 12.4. The number of carbonyl (C=O) groups excluding carboxylic acids is 2. The van der Waals surface area contributed by atoms with E-state index >= 15 is 0 Å². The highest BCUT2D eigenvalue weighted by molar-refractivity contribution is 6.05. The maximum Gasteiger partial charge on any atom is 0.407 e. The molecule has 0 heterocycles. The van der Waals surface area contributed by atoms with Gasteiger partial charge >= 0.3 is 6.09 Å². The SMILES string of the molecule is CCC[C@@H](NC(=O)OCc1ccc(C(=O)Nc2ccccc2O)cc1)c1ccc(CC)cc1. The van der Waals surface area contributed by atoms with Gasteiger partial charge in [0, 0.05) is 5.56 Å². The molecule has 0 saturated heterocycles. The van der Waals surface area contributed by atoms with Crippen LogP contribution in [-0.2, 0) is 17.8 Å². The van der Waals surface area contributed by atoms with E-state index in [9.17, 15) is 14.7 Å². The fourth-order valence-corrected chi connectivity index (χ4v) is 3.46. The molecular weight excluding hydrogens is 416 g/mol. The molecule has 0 bridgehead atoms. The first kappa shape index (κ1) is 23.9. The van der Waals surface area contributed by atoms with Crippen molar-refractivity contribution in [2.75, 3.05) is 5.32 Å². The van der Waals surface area contributed by atoms with Crippen LogP contribution in [0.5, 0.6) is 5.75 Å². The number of carbonyl (C=O) groups is 2. The van der Waals surface area contributed by atoms with Gasteiger partial charge in [0.25, 0.3) is 5.91 Å². The number of phenols is 1. The van der Waals surface area contributed by atoms with Crippen LogP contribution in [0.25, 0.3) is 0 Å². The third kappa shape index (κ3) is 6.84. The van der Waals surface area contributed by atoms with Crippen LogP contribution in [0.1, 0.15) is 59.8 Å². The van der Waals surface area contributed by atoms with Gasteiger partial charge in [-0.25, -0.2) is 4.79 Å². The van der Waals surface area contributed by atoms with Crippen LogP contribution in [0, 0.1) is 0 Å². The molecule has 2 amide bonds. The van der Waals surface area contributed by atoms with E-state index in [-0.39, 0.29) is 24.3 Å². The van der Waals surface area contributed by atoms with E-state index in [4.69, 9.17) is 4.74 Å². The number of hydrogen-bond acceptors (Lipinski definition) is 4. The molecule has 0 saturated carbocycles. The molecule has 6 heteroatoms. The van der Waals surface area contributed by atoms with E-state index in [0.717, 1.165) is 30.4 Å². The number of aryl methyl sites for hydroxylation is 1. The molecule has 3 rings (SSSR count). The zero-order valence-corrected chi connectivity index (χ0v) is 19.0. The van der Waals surface area contributed by atoms with Gasteiger partial charge in [-0.15, -0.1) is 0 Å². The molecule has 0 aliphatic heterocycles. The van der Waals surface area contributed by atoms with Gasteiger partial charge in [-0.2, -0.15) is 0 Å². The number of benzene rings is 3. The fourth-order valence-electron chi connectivity index (χ4n) is 3.46. The van der Waals surface area contributed by atoms with Crippen molar-refractivity contribution in [3.8, 4) is 5.75 Å². The van der Waals surface area contributed by atoms with Crippen LogP contribution in [0.2, 0.25) is 0 Å². The summed E-state index contributed by atoms with van der Waals surface area (Å²) in [5.41, 5.74) is 3.87. The topological polar surface area (TPSA) is 87.7 Å². The first-order valence-electron chi connectivity index (χ1n) is 11.2. The van der Waals surface area contributed by atoms with Gasteiger partial charge in [0.05, 0.1) is 11.7 Å². The number of alkyl carbamates (subject to hydrolysis) is 1. The second-order valence-corrected chi connectivity index (χ2v) is 7.83. The minimum absolute atomic E-state index is 0.00423. The van der Waals surface area contributed by atoms with E-state index in [0.29, 0.717) is 11.3 Å². The Kier molecular flexibility index (Phi) is 8.47. The summed E-state index contributed by atoms with van der Waals surface area (Å²) in [6.45, 7) is 4.29. The van der Waals surface area contributed by atoms with Gasteiger partial charge in [0.2, 0.25) is 0 Å². The van der Waals surface area contributed by atoms with Crippen molar-refractivity contribution in [3.63, 3.8) is 0 Å². The number of aromatic hydroxyl groups is 1. The van der Waals surface area contributed by atoms with Crippen LogP contribution in [0.15, 0.2) is 72.8 Å². The van der Waals surface area contributed by atoms with Crippen molar-refractivity contribution in [1.29, 1.82) is 0 Å². The predicted octanol–water partition coefficient (Wildman–Crippen LogP) is 5.97. The molecule has 3 aromatic rings. The van der Waals surface area contributed by atoms with Gasteiger partial charge in [0.15, 0.2) is 0 Å². The second-order valence-electron chi connectivity index (χ2n) is 7.83. The van der Waals surface area contributed by atoms with E-state index in [1.807, 2.05) is 0 Å². The van der Waals surface area contributed by atoms with Crippen LogP contribution in [0.4, 0.5) is 10.5 Å². The number of hydrogen-bond donors (Lipinski definition) is 3. The zero-order chi connectivity index (χ0) is 23.6. The number of para-hydroxylation sites is 2. The summed E-state index contributed by atoms with van der Waals surface area (Å²) >= 11 is 0. The number of rotatable bonds is 9. The highest BCUT2D eigenvalue weighted by Crippen LogP contribution is 2.22. The lowest BCUT2D eigenvalue weighted by Crippen LogP contribution is -2.29. The molecule has 6 nitrogen and oxygen atoms in total. The number of nitrogens with one attached hydrogen (secondary N) is 2. The Balaban J connectivity index is 1.53. The van der Waals surface area contributed by atoms with Crippen LogP contribution in [-0.4, -0.2) is 17.1 Å². The largest absolute Gasteiger partial charge is 0.506 e. The Labute approximate surface area is 194 Å². The van der Waals surface area contributed by atoms with Gasteiger partial charge in [-0.1, -0.05) is 68.8 Å². The molecule has 0 radical (unpaired) electrons. The summed E-state index contributed by atoms with van der Waals surface area (Å²) in [6.07, 6.45) is 2.25. The average Bonchev–Trinajstić information content (AvgIpc) is 2.84. The van der Waals surface area contributed by atoms with Crippen molar-refractivity contribution in [2.45, 2.75) is 45.8 Å². The van der Waals surface area contributed by atoms with Crippen LogP contribution >= 0.6 is 0 Å². The molecule has 0 spiro atoms. The third-order valence-electron chi connectivity index (χ3n) is 5.40. The maximum absolute atomic E-state index is 12.4. The number of amides is 2. The summed E-state index contributed by atoms with van der Waals surface area (Å²) in [5, 5.41) is 15.4. The predicted molar refractivity (Wildman–Crippen MR) is 129 cm³/mol. The smallest absolute Gasteiger partial charge is 0.407 e. The molecule has 0 fully saturated rings. The summed E-state index contributed by atoms with van der Waals surface area (Å²) < 4.78 is 5.40. The molecule has 0 aromatic heterocycles. The first-order valence-corrected chi connectivity index (χ1v) is 11.2. The Bertz CT molecular complexity index is 1060. The van der Waals surface area contributed by atoms with Gasteiger partial charge in [0.1, 0.15) is 12.4 Å². The zero-order valence-electron chi connectivity index (χ0n) is 19.0. The molecular formula is C27H30N2O4. The first-order chi connectivity index (χ1) is 16.0. The molecule has 0 aliphatic carbocycles. The fraction of sp³-hybridized carbons (Fsp3) is 0.259.